The largest absolute Gasteiger partial charge is 0.481 e. The van der Waals surface area contributed by atoms with E-state index >= 15 is 0 Å². The average Bonchev–Trinajstić information content (AvgIpc) is 2.53. The van der Waals surface area contributed by atoms with Gasteiger partial charge in [0.05, 0.1) is 11.8 Å². The third-order valence-corrected chi connectivity index (χ3v) is 3.76. The maximum absolute atomic E-state index is 12.1. The van der Waals surface area contributed by atoms with Crippen molar-refractivity contribution in [2.24, 2.45) is 11.8 Å². The number of hydrogen-bond acceptors (Lipinski definition) is 3. The predicted molar refractivity (Wildman–Crippen MR) is 75.1 cm³/mol. The summed E-state index contributed by atoms with van der Waals surface area (Å²) in [7, 11) is 0. The number of carboxylic acid groups (broad SMARTS) is 1. The Bertz CT molecular complexity index is 530. The van der Waals surface area contributed by atoms with E-state index in [0.29, 0.717) is 18.4 Å². The lowest BCUT2D eigenvalue weighted by Crippen LogP contribution is -2.47. The summed E-state index contributed by atoms with van der Waals surface area (Å²) in [5.41, 5.74) is 5.08. The zero-order chi connectivity index (χ0) is 15.2. The van der Waals surface area contributed by atoms with E-state index in [0.717, 1.165) is 12.8 Å². The molecule has 1 aromatic carbocycles. The Kier molecular flexibility index (Phi) is 4.92. The van der Waals surface area contributed by atoms with Crippen LogP contribution in [0.25, 0.3) is 0 Å². The summed E-state index contributed by atoms with van der Waals surface area (Å²) < 4.78 is 0. The summed E-state index contributed by atoms with van der Waals surface area (Å²) in [5, 5.41) is 9.15. The highest BCUT2D eigenvalue weighted by Gasteiger charge is 2.35. The molecule has 6 nitrogen and oxygen atoms in total. The lowest BCUT2D eigenvalue weighted by molar-refractivity contribution is -0.149. The van der Waals surface area contributed by atoms with Crippen LogP contribution in [0.1, 0.15) is 36.0 Å². The van der Waals surface area contributed by atoms with E-state index in [-0.39, 0.29) is 0 Å². The minimum atomic E-state index is -0.954. The predicted octanol–water partition coefficient (Wildman–Crippen LogP) is 1.34. The topological polar surface area (TPSA) is 95.5 Å². The third kappa shape index (κ3) is 3.81. The Labute approximate surface area is 122 Å². The van der Waals surface area contributed by atoms with Crippen molar-refractivity contribution < 1.29 is 19.5 Å². The Morgan fingerprint density at radius 2 is 1.57 bits per heavy atom. The summed E-state index contributed by atoms with van der Waals surface area (Å²) in [6.07, 6.45) is 2.68. The molecule has 1 saturated carbocycles. The van der Waals surface area contributed by atoms with Crippen molar-refractivity contribution in [2.45, 2.75) is 25.7 Å². The number of carboxylic acids is 1. The number of rotatable bonds is 3. The summed E-state index contributed by atoms with van der Waals surface area (Å²) in [6, 6.07) is 8.48. The van der Waals surface area contributed by atoms with Gasteiger partial charge in [-0.15, -0.1) is 0 Å². The van der Waals surface area contributed by atoms with Gasteiger partial charge in [-0.3, -0.25) is 25.2 Å². The first-order valence-corrected chi connectivity index (χ1v) is 6.97. The van der Waals surface area contributed by atoms with E-state index in [4.69, 9.17) is 5.11 Å². The van der Waals surface area contributed by atoms with Crippen LogP contribution >= 0.6 is 0 Å². The molecule has 0 bridgehead atoms. The molecule has 0 aliphatic heterocycles. The molecular weight excluding hydrogens is 272 g/mol. The van der Waals surface area contributed by atoms with Gasteiger partial charge in [0.1, 0.15) is 0 Å². The number of carbonyl (C=O) groups is 3. The lowest BCUT2D eigenvalue weighted by atomic mass is 9.79. The van der Waals surface area contributed by atoms with Crippen molar-refractivity contribution in [3.05, 3.63) is 35.9 Å². The number of hydrazine groups is 1. The third-order valence-electron chi connectivity index (χ3n) is 3.76. The summed E-state index contributed by atoms with van der Waals surface area (Å²) in [4.78, 5) is 35.0. The number of hydrogen-bond donors (Lipinski definition) is 3. The Morgan fingerprint density at radius 3 is 2.19 bits per heavy atom. The normalized spacial score (nSPS) is 21.3. The maximum Gasteiger partial charge on any atom is 0.307 e. The quantitative estimate of drug-likeness (QED) is 0.732. The Hall–Kier alpha value is -2.37. The van der Waals surface area contributed by atoms with Gasteiger partial charge in [0, 0.05) is 5.56 Å². The monoisotopic (exact) mass is 290 g/mol. The van der Waals surface area contributed by atoms with Gasteiger partial charge in [-0.2, -0.15) is 0 Å². The number of amides is 2. The van der Waals surface area contributed by atoms with Crippen LogP contribution in [0.3, 0.4) is 0 Å². The molecule has 21 heavy (non-hydrogen) atoms. The van der Waals surface area contributed by atoms with Gasteiger partial charge in [0.15, 0.2) is 0 Å². The zero-order valence-electron chi connectivity index (χ0n) is 11.5. The lowest BCUT2D eigenvalue weighted by Gasteiger charge is -2.27. The molecule has 1 aliphatic carbocycles. The number of benzene rings is 1. The van der Waals surface area contributed by atoms with Crippen LogP contribution in [0.4, 0.5) is 0 Å². The van der Waals surface area contributed by atoms with Crippen LogP contribution in [0, 0.1) is 11.8 Å². The van der Waals surface area contributed by atoms with Gasteiger partial charge in [-0.1, -0.05) is 31.0 Å². The first kappa shape index (κ1) is 15.0. The van der Waals surface area contributed by atoms with Crippen molar-refractivity contribution in [2.75, 3.05) is 0 Å². The van der Waals surface area contributed by atoms with Crippen molar-refractivity contribution in [3.63, 3.8) is 0 Å². The molecular formula is C15H18N2O4. The summed E-state index contributed by atoms with van der Waals surface area (Å²) >= 11 is 0. The first-order chi connectivity index (χ1) is 10.1. The van der Waals surface area contributed by atoms with Crippen LogP contribution < -0.4 is 10.9 Å². The highest BCUT2D eigenvalue weighted by atomic mass is 16.4. The van der Waals surface area contributed by atoms with Crippen LogP contribution in [0.5, 0.6) is 0 Å². The Balaban J connectivity index is 1.92. The highest BCUT2D eigenvalue weighted by Crippen LogP contribution is 2.30. The van der Waals surface area contributed by atoms with Crippen molar-refractivity contribution >= 4 is 17.8 Å². The number of carbonyl (C=O) groups excluding carboxylic acids is 2. The molecule has 2 rings (SSSR count). The standard InChI is InChI=1S/C15H18N2O4/c18-13(10-6-2-1-3-7-10)16-17-14(19)11-8-4-5-9-12(11)15(20)21/h1-3,6-7,11-12H,4-5,8-9H2,(H,16,18)(H,17,19)(H,20,21)/t11-,12-/m1/s1. The zero-order valence-corrected chi connectivity index (χ0v) is 11.5. The molecule has 2 amide bonds. The van der Waals surface area contributed by atoms with E-state index < -0.39 is 29.6 Å². The van der Waals surface area contributed by atoms with Crippen molar-refractivity contribution in [1.29, 1.82) is 0 Å². The first-order valence-electron chi connectivity index (χ1n) is 6.97. The minimum absolute atomic E-state index is 0.424. The van der Waals surface area contributed by atoms with E-state index in [9.17, 15) is 14.4 Å². The second-order valence-corrected chi connectivity index (χ2v) is 5.15. The molecule has 0 unspecified atom stereocenters. The SMILES string of the molecule is O=C(NNC(=O)[C@@H]1CCCC[C@H]1C(=O)O)c1ccccc1. The summed E-state index contributed by atoms with van der Waals surface area (Å²) in [6.45, 7) is 0. The minimum Gasteiger partial charge on any atom is -0.481 e. The van der Waals surface area contributed by atoms with Gasteiger partial charge in [-0.25, -0.2) is 0 Å². The fraction of sp³-hybridized carbons (Fsp3) is 0.400. The van der Waals surface area contributed by atoms with E-state index in [2.05, 4.69) is 10.9 Å². The van der Waals surface area contributed by atoms with E-state index in [1.165, 1.54) is 0 Å². The molecule has 0 spiro atoms. The van der Waals surface area contributed by atoms with E-state index in [1.807, 2.05) is 0 Å². The van der Waals surface area contributed by atoms with Gasteiger partial charge >= 0.3 is 5.97 Å². The molecule has 2 atom stereocenters. The highest BCUT2D eigenvalue weighted by molar-refractivity contribution is 5.95. The molecule has 0 saturated heterocycles. The van der Waals surface area contributed by atoms with Crippen LogP contribution in [-0.4, -0.2) is 22.9 Å². The van der Waals surface area contributed by atoms with Gasteiger partial charge in [0.2, 0.25) is 5.91 Å². The molecule has 0 radical (unpaired) electrons. The molecule has 6 heteroatoms. The molecule has 0 aromatic heterocycles. The molecule has 1 fully saturated rings. The fourth-order valence-electron chi connectivity index (χ4n) is 2.61. The second kappa shape index (κ2) is 6.88. The van der Waals surface area contributed by atoms with Crippen LogP contribution in [-0.2, 0) is 9.59 Å². The van der Waals surface area contributed by atoms with E-state index in [1.54, 1.807) is 30.3 Å². The molecule has 0 heterocycles. The number of nitrogens with one attached hydrogen (secondary N) is 2. The molecule has 3 N–H and O–H groups in total. The summed E-state index contributed by atoms with van der Waals surface area (Å²) in [5.74, 6) is -3.08. The molecule has 1 aliphatic rings. The fourth-order valence-corrected chi connectivity index (χ4v) is 2.61. The maximum atomic E-state index is 12.1. The number of aliphatic carboxylic acids is 1. The van der Waals surface area contributed by atoms with Crippen molar-refractivity contribution in [1.82, 2.24) is 10.9 Å². The van der Waals surface area contributed by atoms with Crippen LogP contribution in [0.15, 0.2) is 30.3 Å². The van der Waals surface area contributed by atoms with Gasteiger partial charge in [0.25, 0.3) is 5.91 Å². The van der Waals surface area contributed by atoms with Gasteiger partial charge in [-0.05, 0) is 25.0 Å². The molecule has 1 aromatic rings. The average molecular weight is 290 g/mol. The second-order valence-electron chi connectivity index (χ2n) is 5.15. The van der Waals surface area contributed by atoms with Crippen LogP contribution in [0.2, 0.25) is 0 Å². The van der Waals surface area contributed by atoms with Gasteiger partial charge < -0.3 is 5.11 Å². The Morgan fingerprint density at radius 1 is 0.952 bits per heavy atom. The molecule has 112 valence electrons. The van der Waals surface area contributed by atoms with Crippen molar-refractivity contribution in [3.8, 4) is 0 Å². The smallest absolute Gasteiger partial charge is 0.307 e.